The minimum absolute atomic E-state index is 0.0358. The topological polar surface area (TPSA) is 79.9 Å². The smallest absolute Gasteiger partial charge is 0.279 e. The van der Waals surface area contributed by atoms with Gasteiger partial charge in [0.05, 0.1) is 13.2 Å². The van der Waals surface area contributed by atoms with E-state index in [2.05, 4.69) is 10.0 Å². The quantitative estimate of drug-likeness (QED) is 0.580. The predicted octanol–water partition coefficient (Wildman–Crippen LogP) is -0.832. The SMILES string of the molecule is COCCN(CCOC)S(=O)(=O)NC1CCCNC1. The van der Waals surface area contributed by atoms with E-state index in [9.17, 15) is 8.42 Å². The van der Waals surface area contributed by atoms with Gasteiger partial charge in [-0.3, -0.25) is 0 Å². The maximum atomic E-state index is 12.3. The molecular formula is C11H25N3O4S. The third kappa shape index (κ3) is 6.15. The molecule has 0 bridgehead atoms. The van der Waals surface area contributed by atoms with Gasteiger partial charge in [-0.05, 0) is 19.4 Å². The summed E-state index contributed by atoms with van der Waals surface area (Å²) in [5.74, 6) is 0. The number of hydrogen-bond acceptors (Lipinski definition) is 5. The monoisotopic (exact) mass is 295 g/mol. The summed E-state index contributed by atoms with van der Waals surface area (Å²) >= 11 is 0. The highest BCUT2D eigenvalue weighted by atomic mass is 32.2. The van der Waals surface area contributed by atoms with Crippen molar-refractivity contribution < 1.29 is 17.9 Å². The number of piperidine rings is 1. The van der Waals surface area contributed by atoms with Crippen LogP contribution >= 0.6 is 0 Å². The fourth-order valence-electron chi connectivity index (χ4n) is 1.98. The molecule has 1 unspecified atom stereocenters. The summed E-state index contributed by atoms with van der Waals surface area (Å²) in [6.45, 7) is 3.03. The molecule has 7 nitrogen and oxygen atoms in total. The molecule has 2 N–H and O–H groups in total. The maximum absolute atomic E-state index is 12.3. The molecule has 1 atom stereocenters. The van der Waals surface area contributed by atoms with Crippen molar-refractivity contribution in [2.75, 3.05) is 53.6 Å². The Morgan fingerprint density at radius 1 is 1.26 bits per heavy atom. The van der Waals surface area contributed by atoms with Crippen LogP contribution in [0.3, 0.4) is 0 Å². The lowest BCUT2D eigenvalue weighted by atomic mass is 10.1. The summed E-state index contributed by atoms with van der Waals surface area (Å²) in [6.07, 6.45) is 1.86. The van der Waals surface area contributed by atoms with Gasteiger partial charge in [-0.25, -0.2) is 0 Å². The lowest BCUT2D eigenvalue weighted by Crippen LogP contribution is -2.51. The lowest BCUT2D eigenvalue weighted by molar-refractivity contribution is 0.149. The molecule has 0 aromatic carbocycles. The average molecular weight is 295 g/mol. The van der Waals surface area contributed by atoms with Gasteiger partial charge in [0.2, 0.25) is 0 Å². The molecule has 19 heavy (non-hydrogen) atoms. The number of rotatable bonds is 9. The Labute approximate surface area is 115 Å². The Hall–Kier alpha value is -0.250. The highest BCUT2D eigenvalue weighted by molar-refractivity contribution is 7.87. The summed E-state index contributed by atoms with van der Waals surface area (Å²) in [4.78, 5) is 0. The zero-order valence-electron chi connectivity index (χ0n) is 11.7. The first-order valence-corrected chi connectivity index (χ1v) is 8.00. The van der Waals surface area contributed by atoms with E-state index in [-0.39, 0.29) is 6.04 Å². The van der Waals surface area contributed by atoms with Gasteiger partial charge in [0, 0.05) is 39.9 Å². The molecule has 0 aromatic heterocycles. The third-order valence-corrected chi connectivity index (χ3v) is 4.72. The first-order chi connectivity index (χ1) is 9.10. The van der Waals surface area contributed by atoms with Gasteiger partial charge >= 0.3 is 0 Å². The highest BCUT2D eigenvalue weighted by Gasteiger charge is 2.25. The molecule has 0 amide bonds. The van der Waals surface area contributed by atoms with Gasteiger partial charge in [0.1, 0.15) is 0 Å². The summed E-state index contributed by atoms with van der Waals surface area (Å²) in [6, 6.07) is -0.0358. The Morgan fingerprint density at radius 2 is 1.89 bits per heavy atom. The first kappa shape index (κ1) is 16.8. The molecule has 0 aliphatic carbocycles. The predicted molar refractivity (Wildman–Crippen MR) is 73.3 cm³/mol. The third-order valence-electron chi connectivity index (χ3n) is 3.04. The van der Waals surface area contributed by atoms with Gasteiger partial charge in [0.15, 0.2) is 0 Å². The number of nitrogens with zero attached hydrogens (tertiary/aromatic N) is 1. The van der Waals surface area contributed by atoms with E-state index in [1.54, 1.807) is 14.2 Å². The average Bonchev–Trinajstić information content (AvgIpc) is 2.39. The van der Waals surface area contributed by atoms with Crippen LogP contribution in [0.25, 0.3) is 0 Å². The van der Waals surface area contributed by atoms with E-state index >= 15 is 0 Å². The standard InChI is InChI=1S/C11H25N3O4S/c1-17-8-6-14(7-9-18-2)19(15,16)13-11-4-3-5-12-10-11/h11-13H,3-10H2,1-2H3. The van der Waals surface area contributed by atoms with Gasteiger partial charge in [-0.15, -0.1) is 0 Å². The number of hydrogen-bond donors (Lipinski definition) is 2. The second kappa shape index (κ2) is 8.83. The van der Waals surface area contributed by atoms with Crippen molar-refractivity contribution in [3.05, 3.63) is 0 Å². The van der Waals surface area contributed by atoms with Crippen LogP contribution < -0.4 is 10.0 Å². The molecule has 1 aliphatic heterocycles. The fraction of sp³-hybridized carbons (Fsp3) is 1.00. The van der Waals surface area contributed by atoms with Crippen LogP contribution in [0.1, 0.15) is 12.8 Å². The zero-order valence-corrected chi connectivity index (χ0v) is 12.5. The molecular weight excluding hydrogens is 270 g/mol. The van der Waals surface area contributed by atoms with E-state index in [4.69, 9.17) is 9.47 Å². The van der Waals surface area contributed by atoms with Gasteiger partial charge in [0.25, 0.3) is 10.2 Å². The Balaban J connectivity index is 2.56. The van der Waals surface area contributed by atoms with Gasteiger partial charge in [-0.1, -0.05) is 0 Å². The molecule has 1 saturated heterocycles. The molecule has 0 spiro atoms. The number of ether oxygens (including phenoxy) is 2. The second-order valence-corrected chi connectivity index (χ2v) is 6.25. The lowest BCUT2D eigenvalue weighted by Gasteiger charge is -2.28. The van der Waals surface area contributed by atoms with Gasteiger partial charge in [-0.2, -0.15) is 17.4 Å². The molecule has 1 aliphatic rings. The zero-order chi connectivity index (χ0) is 14.1. The normalized spacial score (nSPS) is 20.9. The van der Waals surface area contributed by atoms with Crippen molar-refractivity contribution in [2.45, 2.75) is 18.9 Å². The molecule has 0 radical (unpaired) electrons. The van der Waals surface area contributed by atoms with E-state index in [0.29, 0.717) is 32.8 Å². The molecule has 1 fully saturated rings. The largest absolute Gasteiger partial charge is 0.383 e. The van der Waals surface area contributed by atoms with Crippen molar-refractivity contribution in [3.63, 3.8) is 0 Å². The summed E-state index contributed by atoms with van der Waals surface area (Å²) < 4.78 is 38.6. The van der Waals surface area contributed by atoms with Crippen molar-refractivity contribution in [1.82, 2.24) is 14.3 Å². The van der Waals surface area contributed by atoms with E-state index in [0.717, 1.165) is 19.4 Å². The van der Waals surface area contributed by atoms with Crippen LogP contribution in [0, 0.1) is 0 Å². The van der Waals surface area contributed by atoms with Crippen LogP contribution in [0.5, 0.6) is 0 Å². The maximum Gasteiger partial charge on any atom is 0.279 e. The molecule has 1 rings (SSSR count). The van der Waals surface area contributed by atoms with Crippen LogP contribution in [0.4, 0.5) is 0 Å². The first-order valence-electron chi connectivity index (χ1n) is 6.56. The van der Waals surface area contributed by atoms with Crippen LogP contribution in [0.2, 0.25) is 0 Å². The van der Waals surface area contributed by atoms with E-state index in [1.807, 2.05) is 0 Å². The summed E-state index contributed by atoms with van der Waals surface area (Å²) in [7, 11) is -0.373. The Kier molecular flexibility index (Phi) is 7.81. The summed E-state index contributed by atoms with van der Waals surface area (Å²) in [5, 5.41) is 3.19. The molecule has 0 aromatic rings. The second-order valence-electron chi connectivity index (χ2n) is 4.55. The van der Waals surface area contributed by atoms with Crippen molar-refractivity contribution in [1.29, 1.82) is 0 Å². The Bertz CT molecular complexity index is 323. The van der Waals surface area contributed by atoms with Crippen LogP contribution in [-0.2, 0) is 19.7 Å². The minimum atomic E-state index is -3.48. The van der Waals surface area contributed by atoms with E-state index in [1.165, 1.54) is 4.31 Å². The van der Waals surface area contributed by atoms with Gasteiger partial charge < -0.3 is 14.8 Å². The fourth-order valence-corrected chi connectivity index (χ4v) is 3.38. The molecule has 8 heteroatoms. The number of nitrogens with one attached hydrogen (secondary N) is 2. The summed E-state index contributed by atoms with van der Waals surface area (Å²) in [5.41, 5.74) is 0. The van der Waals surface area contributed by atoms with Crippen molar-refractivity contribution in [2.24, 2.45) is 0 Å². The van der Waals surface area contributed by atoms with Crippen LogP contribution in [-0.4, -0.2) is 72.4 Å². The molecule has 0 saturated carbocycles. The van der Waals surface area contributed by atoms with E-state index < -0.39 is 10.2 Å². The Morgan fingerprint density at radius 3 is 2.37 bits per heavy atom. The molecule has 114 valence electrons. The molecule has 1 heterocycles. The van der Waals surface area contributed by atoms with Crippen LogP contribution in [0.15, 0.2) is 0 Å². The van der Waals surface area contributed by atoms with Crippen molar-refractivity contribution >= 4 is 10.2 Å². The van der Waals surface area contributed by atoms with Crippen molar-refractivity contribution in [3.8, 4) is 0 Å². The highest BCUT2D eigenvalue weighted by Crippen LogP contribution is 2.06. The number of methoxy groups -OCH3 is 2. The minimum Gasteiger partial charge on any atom is -0.383 e.